The molecular formula is C16H17F3N2. The second kappa shape index (κ2) is 5.20. The number of fused-ring (bicyclic) bond motifs is 1. The number of hydrogen-bond acceptors (Lipinski definition) is 1. The largest absolute Gasteiger partial charge is 0.416 e. The lowest BCUT2D eigenvalue weighted by atomic mass is 10.0. The van der Waals surface area contributed by atoms with Gasteiger partial charge >= 0.3 is 6.18 Å². The third kappa shape index (κ3) is 3.12. The Morgan fingerprint density at radius 3 is 2.62 bits per heavy atom. The van der Waals surface area contributed by atoms with E-state index in [4.69, 9.17) is 0 Å². The van der Waals surface area contributed by atoms with Gasteiger partial charge in [-0.25, -0.2) is 4.98 Å². The lowest BCUT2D eigenvalue weighted by Gasteiger charge is -2.19. The van der Waals surface area contributed by atoms with E-state index in [0.717, 1.165) is 48.6 Å². The first-order valence-corrected chi connectivity index (χ1v) is 7.13. The first-order chi connectivity index (χ1) is 9.91. The average molecular weight is 294 g/mol. The highest BCUT2D eigenvalue weighted by atomic mass is 19.4. The van der Waals surface area contributed by atoms with Crippen LogP contribution in [0.4, 0.5) is 13.2 Å². The van der Waals surface area contributed by atoms with E-state index in [1.165, 1.54) is 12.1 Å². The quantitative estimate of drug-likeness (QED) is 0.816. The first kappa shape index (κ1) is 14.2. The van der Waals surface area contributed by atoms with E-state index in [2.05, 4.69) is 16.5 Å². The molecule has 0 saturated heterocycles. The van der Waals surface area contributed by atoms with Gasteiger partial charge in [0.2, 0.25) is 0 Å². The molecule has 5 heteroatoms. The Bertz CT molecular complexity index is 626. The summed E-state index contributed by atoms with van der Waals surface area (Å²) in [7, 11) is 0. The highest BCUT2D eigenvalue weighted by Gasteiger charge is 2.29. The van der Waals surface area contributed by atoms with Crippen LogP contribution < -0.4 is 0 Å². The van der Waals surface area contributed by atoms with Gasteiger partial charge in [-0.1, -0.05) is 19.1 Å². The van der Waals surface area contributed by atoms with Gasteiger partial charge in [0.1, 0.15) is 5.82 Å². The van der Waals surface area contributed by atoms with Crippen molar-refractivity contribution in [3.05, 3.63) is 53.1 Å². The topological polar surface area (TPSA) is 17.8 Å². The molecule has 1 unspecified atom stereocenters. The highest BCUT2D eigenvalue weighted by Crippen LogP contribution is 2.29. The minimum absolute atomic E-state index is 0.576. The van der Waals surface area contributed by atoms with Crippen molar-refractivity contribution in [3.8, 4) is 0 Å². The van der Waals surface area contributed by atoms with Crippen LogP contribution in [0.25, 0.3) is 0 Å². The Morgan fingerprint density at radius 2 is 1.95 bits per heavy atom. The molecule has 0 fully saturated rings. The van der Waals surface area contributed by atoms with Gasteiger partial charge in [0, 0.05) is 25.6 Å². The first-order valence-electron chi connectivity index (χ1n) is 7.13. The smallest absolute Gasteiger partial charge is 0.334 e. The minimum Gasteiger partial charge on any atom is -0.334 e. The third-order valence-electron chi connectivity index (χ3n) is 3.94. The number of aromatic nitrogens is 2. The number of aryl methyl sites for hydroxylation is 1. The van der Waals surface area contributed by atoms with Gasteiger partial charge in [-0.2, -0.15) is 13.2 Å². The van der Waals surface area contributed by atoms with Gasteiger partial charge in [0.25, 0.3) is 0 Å². The maximum absolute atomic E-state index is 12.5. The summed E-state index contributed by atoms with van der Waals surface area (Å²) in [6, 6.07) is 5.33. The standard InChI is InChI=1S/C16H17F3N2/c1-11-2-7-15-20-14(10-21(15)9-11)8-12-3-5-13(6-4-12)16(17,18)19/h3-6,10-11H,2,7-9H2,1H3. The fourth-order valence-corrected chi connectivity index (χ4v) is 2.78. The van der Waals surface area contributed by atoms with Crippen LogP contribution in [0.3, 0.4) is 0 Å². The van der Waals surface area contributed by atoms with E-state index in [1.54, 1.807) is 0 Å². The molecule has 1 aromatic carbocycles. The van der Waals surface area contributed by atoms with Crippen molar-refractivity contribution in [3.63, 3.8) is 0 Å². The molecule has 2 aromatic rings. The Hall–Kier alpha value is -1.78. The van der Waals surface area contributed by atoms with Crippen LogP contribution in [0.5, 0.6) is 0 Å². The Morgan fingerprint density at radius 1 is 1.24 bits per heavy atom. The summed E-state index contributed by atoms with van der Waals surface area (Å²) < 4.78 is 39.7. The molecule has 0 saturated carbocycles. The number of alkyl halides is 3. The number of halogens is 3. The summed E-state index contributed by atoms with van der Waals surface area (Å²) in [4.78, 5) is 4.59. The Kier molecular flexibility index (Phi) is 3.51. The molecule has 0 aliphatic carbocycles. The lowest BCUT2D eigenvalue weighted by molar-refractivity contribution is -0.137. The fraction of sp³-hybridized carbons (Fsp3) is 0.438. The summed E-state index contributed by atoms with van der Waals surface area (Å²) in [6.45, 7) is 3.20. The van der Waals surface area contributed by atoms with Crippen LogP contribution in [-0.2, 0) is 25.6 Å². The summed E-state index contributed by atoms with van der Waals surface area (Å²) in [5, 5.41) is 0. The number of rotatable bonds is 2. The van der Waals surface area contributed by atoms with Crippen LogP contribution in [0, 0.1) is 5.92 Å². The van der Waals surface area contributed by atoms with Crippen molar-refractivity contribution in [2.45, 2.75) is 38.9 Å². The summed E-state index contributed by atoms with van der Waals surface area (Å²) in [6.07, 6.45) is 0.461. The SMILES string of the molecule is CC1CCc2nc(Cc3ccc(C(F)(F)F)cc3)cn2C1. The summed E-state index contributed by atoms with van der Waals surface area (Å²) in [5.41, 5.74) is 1.18. The highest BCUT2D eigenvalue weighted by molar-refractivity contribution is 5.27. The van der Waals surface area contributed by atoms with Crippen molar-refractivity contribution in [1.29, 1.82) is 0 Å². The van der Waals surface area contributed by atoms with Gasteiger partial charge in [-0.3, -0.25) is 0 Å². The molecule has 0 spiro atoms. The minimum atomic E-state index is -4.28. The monoisotopic (exact) mass is 294 g/mol. The molecule has 0 N–H and O–H groups in total. The van der Waals surface area contributed by atoms with Gasteiger partial charge < -0.3 is 4.57 Å². The fourth-order valence-electron chi connectivity index (χ4n) is 2.78. The van der Waals surface area contributed by atoms with Crippen LogP contribution in [0.2, 0.25) is 0 Å². The average Bonchev–Trinajstić information content (AvgIpc) is 2.79. The van der Waals surface area contributed by atoms with E-state index in [9.17, 15) is 13.2 Å². The molecule has 21 heavy (non-hydrogen) atoms. The van der Waals surface area contributed by atoms with Gasteiger partial charge in [-0.05, 0) is 30.0 Å². The number of hydrogen-bond donors (Lipinski definition) is 0. The van der Waals surface area contributed by atoms with E-state index in [0.29, 0.717) is 12.3 Å². The normalized spacial score (nSPS) is 18.6. The van der Waals surface area contributed by atoms with Crippen molar-refractivity contribution >= 4 is 0 Å². The van der Waals surface area contributed by atoms with Gasteiger partial charge in [0.15, 0.2) is 0 Å². The maximum Gasteiger partial charge on any atom is 0.416 e. The van der Waals surface area contributed by atoms with Crippen LogP contribution in [-0.4, -0.2) is 9.55 Å². The predicted octanol–water partition coefficient (Wildman–Crippen LogP) is 4.08. The van der Waals surface area contributed by atoms with Crippen molar-refractivity contribution in [1.82, 2.24) is 9.55 Å². The molecule has 1 aromatic heterocycles. The van der Waals surface area contributed by atoms with E-state index in [1.807, 2.05) is 6.20 Å². The van der Waals surface area contributed by atoms with Gasteiger partial charge in [0.05, 0.1) is 11.3 Å². The third-order valence-corrected chi connectivity index (χ3v) is 3.94. The zero-order valence-electron chi connectivity index (χ0n) is 11.8. The van der Waals surface area contributed by atoms with Crippen molar-refractivity contribution in [2.24, 2.45) is 5.92 Å². The van der Waals surface area contributed by atoms with Crippen molar-refractivity contribution < 1.29 is 13.2 Å². The molecular weight excluding hydrogens is 277 g/mol. The molecule has 112 valence electrons. The molecule has 1 aliphatic heterocycles. The molecule has 3 rings (SSSR count). The van der Waals surface area contributed by atoms with E-state index >= 15 is 0 Å². The Labute approximate surface area is 121 Å². The summed E-state index contributed by atoms with van der Waals surface area (Å²) in [5.74, 6) is 1.75. The van der Waals surface area contributed by atoms with Crippen molar-refractivity contribution in [2.75, 3.05) is 0 Å². The maximum atomic E-state index is 12.5. The predicted molar refractivity (Wildman–Crippen MR) is 74.0 cm³/mol. The van der Waals surface area contributed by atoms with E-state index < -0.39 is 11.7 Å². The second-order valence-electron chi connectivity index (χ2n) is 5.82. The molecule has 1 atom stereocenters. The lowest BCUT2D eigenvalue weighted by Crippen LogP contribution is -2.17. The zero-order chi connectivity index (χ0) is 15.0. The molecule has 0 bridgehead atoms. The number of imidazole rings is 1. The molecule has 1 aliphatic rings. The summed E-state index contributed by atoms with van der Waals surface area (Å²) >= 11 is 0. The second-order valence-corrected chi connectivity index (χ2v) is 5.82. The molecule has 2 heterocycles. The van der Waals surface area contributed by atoms with Crippen LogP contribution >= 0.6 is 0 Å². The molecule has 2 nitrogen and oxygen atoms in total. The zero-order valence-corrected chi connectivity index (χ0v) is 11.8. The number of benzene rings is 1. The number of nitrogens with zero attached hydrogens (tertiary/aromatic N) is 2. The molecule has 0 amide bonds. The van der Waals surface area contributed by atoms with E-state index in [-0.39, 0.29) is 0 Å². The van der Waals surface area contributed by atoms with Gasteiger partial charge in [-0.15, -0.1) is 0 Å². The van der Waals surface area contributed by atoms with Crippen LogP contribution in [0.15, 0.2) is 30.5 Å². The molecule has 0 radical (unpaired) electrons. The Balaban J connectivity index is 1.75. The van der Waals surface area contributed by atoms with Crippen LogP contribution in [0.1, 0.15) is 36.0 Å².